The molecule has 0 fully saturated rings. The van der Waals surface area contributed by atoms with E-state index in [1.807, 2.05) is 0 Å². The quantitative estimate of drug-likeness (QED) is 0.505. The van der Waals surface area contributed by atoms with Crippen molar-refractivity contribution in [1.82, 2.24) is 0 Å². The SMILES string of the molecule is IC1OCc2ccccc21. The molecule has 10 heavy (non-hydrogen) atoms. The van der Waals surface area contributed by atoms with Gasteiger partial charge in [0.25, 0.3) is 0 Å². The van der Waals surface area contributed by atoms with Crippen LogP contribution in [0.1, 0.15) is 15.2 Å². The highest BCUT2D eigenvalue weighted by Gasteiger charge is 2.18. The fourth-order valence-electron chi connectivity index (χ4n) is 1.14. The predicted octanol–water partition coefficient (Wildman–Crippen LogP) is 2.65. The van der Waals surface area contributed by atoms with E-state index in [-0.39, 0.29) is 4.11 Å². The van der Waals surface area contributed by atoms with Crippen LogP contribution in [0.3, 0.4) is 0 Å². The second-order valence-electron chi connectivity index (χ2n) is 2.33. The molecule has 1 nitrogen and oxygen atoms in total. The number of hydrogen-bond donors (Lipinski definition) is 0. The molecule has 52 valence electrons. The highest BCUT2D eigenvalue weighted by Crippen LogP contribution is 2.34. The van der Waals surface area contributed by atoms with Gasteiger partial charge in [-0.25, -0.2) is 0 Å². The zero-order valence-electron chi connectivity index (χ0n) is 5.38. The van der Waals surface area contributed by atoms with E-state index in [1.54, 1.807) is 0 Å². The normalized spacial score (nSPS) is 22.7. The van der Waals surface area contributed by atoms with Crippen molar-refractivity contribution < 1.29 is 4.74 Å². The zero-order valence-corrected chi connectivity index (χ0v) is 7.54. The Morgan fingerprint density at radius 2 is 2.20 bits per heavy atom. The lowest BCUT2D eigenvalue weighted by Gasteiger charge is -1.98. The Morgan fingerprint density at radius 1 is 1.40 bits per heavy atom. The van der Waals surface area contributed by atoms with Crippen LogP contribution in [0, 0.1) is 0 Å². The first-order valence-corrected chi connectivity index (χ1v) is 4.46. The molecule has 1 atom stereocenters. The van der Waals surface area contributed by atoms with Gasteiger partial charge in [-0.15, -0.1) is 0 Å². The first kappa shape index (κ1) is 6.61. The fraction of sp³-hybridized carbons (Fsp3) is 0.250. The standard InChI is InChI=1S/C8H7IO/c9-8-7-4-2-1-3-6(7)5-10-8/h1-4,8H,5H2. The Kier molecular flexibility index (Phi) is 1.66. The van der Waals surface area contributed by atoms with Crippen molar-refractivity contribution in [1.29, 1.82) is 0 Å². The lowest BCUT2D eigenvalue weighted by molar-refractivity contribution is 0.138. The molecule has 2 heteroatoms. The maximum atomic E-state index is 5.41. The van der Waals surface area contributed by atoms with Gasteiger partial charge in [0.2, 0.25) is 0 Å². The number of benzene rings is 1. The molecule has 0 amide bonds. The van der Waals surface area contributed by atoms with Gasteiger partial charge in [0.1, 0.15) is 4.11 Å². The maximum Gasteiger partial charge on any atom is 0.134 e. The molecule has 1 aliphatic rings. The summed E-state index contributed by atoms with van der Waals surface area (Å²) in [6.45, 7) is 0.782. The molecule has 1 aromatic rings. The number of fused-ring (bicyclic) bond motifs is 1. The van der Waals surface area contributed by atoms with E-state index < -0.39 is 0 Å². The van der Waals surface area contributed by atoms with Crippen LogP contribution >= 0.6 is 22.6 Å². The number of ether oxygens (including phenoxy) is 1. The van der Waals surface area contributed by atoms with Crippen LogP contribution in [0.15, 0.2) is 24.3 Å². The minimum absolute atomic E-state index is 0.272. The van der Waals surface area contributed by atoms with E-state index in [0.717, 1.165) is 6.61 Å². The second-order valence-corrected chi connectivity index (χ2v) is 3.46. The molecule has 2 rings (SSSR count). The molecule has 0 spiro atoms. The molecule has 0 saturated carbocycles. The smallest absolute Gasteiger partial charge is 0.134 e. The molecule has 0 bridgehead atoms. The topological polar surface area (TPSA) is 9.23 Å². The minimum Gasteiger partial charge on any atom is -0.358 e. The Balaban J connectivity index is 2.51. The summed E-state index contributed by atoms with van der Waals surface area (Å²) >= 11 is 2.30. The molecular formula is C8H7IO. The molecule has 0 aliphatic carbocycles. The lowest BCUT2D eigenvalue weighted by atomic mass is 10.1. The monoisotopic (exact) mass is 246 g/mol. The highest BCUT2D eigenvalue weighted by atomic mass is 127. The van der Waals surface area contributed by atoms with Crippen LogP contribution in [-0.4, -0.2) is 0 Å². The van der Waals surface area contributed by atoms with Gasteiger partial charge in [0, 0.05) is 0 Å². The van der Waals surface area contributed by atoms with Crippen molar-refractivity contribution in [3.05, 3.63) is 35.4 Å². The van der Waals surface area contributed by atoms with E-state index in [9.17, 15) is 0 Å². The summed E-state index contributed by atoms with van der Waals surface area (Å²) in [7, 11) is 0. The first-order chi connectivity index (χ1) is 4.88. The van der Waals surface area contributed by atoms with Crippen LogP contribution in [0.2, 0.25) is 0 Å². The van der Waals surface area contributed by atoms with Crippen LogP contribution in [0.5, 0.6) is 0 Å². The average molecular weight is 246 g/mol. The predicted molar refractivity (Wildman–Crippen MR) is 48.0 cm³/mol. The van der Waals surface area contributed by atoms with Crippen molar-refractivity contribution in [3.63, 3.8) is 0 Å². The molecule has 0 radical (unpaired) electrons. The number of rotatable bonds is 0. The van der Waals surface area contributed by atoms with Gasteiger partial charge >= 0.3 is 0 Å². The highest BCUT2D eigenvalue weighted by molar-refractivity contribution is 14.1. The summed E-state index contributed by atoms with van der Waals surface area (Å²) in [4.78, 5) is 0. The van der Waals surface area contributed by atoms with Crippen molar-refractivity contribution >= 4 is 22.6 Å². The van der Waals surface area contributed by atoms with Gasteiger partial charge in [0.15, 0.2) is 0 Å². The van der Waals surface area contributed by atoms with Crippen molar-refractivity contribution in [3.8, 4) is 0 Å². The largest absolute Gasteiger partial charge is 0.358 e. The van der Waals surface area contributed by atoms with Gasteiger partial charge in [-0.3, -0.25) is 0 Å². The third-order valence-electron chi connectivity index (χ3n) is 1.68. The molecule has 1 unspecified atom stereocenters. The molecule has 0 N–H and O–H groups in total. The molecule has 1 aliphatic heterocycles. The first-order valence-electron chi connectivity index (χ1n) is 3.21. The maximum absolute atomic E-state index is 5.41. The summed E-state index contributed by atoms with van der Waals surface area (Å²) < 4.78 is 5.68. The second kappa shape index (κ2) is 2.51. The Hall–Kier alpha value is -0.0900. The van der Waals surface area contributed by atoms with Crippen LogP contribution < -0.4 is 0 Å². The number of halogens is 1. The van der Waals surface area contributed by atoms with Crippen LogP contribution in [0.4, 0.5) is 0 Å². The van der Waals surface area contributed by atoms with Crippen LogP contribution in [0.25, 0.3) is 0 Å². The van der Waals surface area contributed by atoms with E-state index in [0.29, 0.717) is 0 Å². The minimum atomic E-state index is 0.272. The van der Waals surface area contributed by atoms with E-state index in [4.69, 9.17) is 4.74 Å². The average Bonchev–Trinajstić information content (AvgIpc) is 2.34. The number of hydrogen-bond acceptors (Lipinski definition) is 1. The third-order valence-corrected chi connectivity index (χ3v) is 2.72. The lowest BCUT2D eigenvalue weighted by Crippen LogP contribution is -1.81. The van der Waals surface area contributed by atoms with Gasteiger partial charge in [-0.2, -0.15) is 0 Å². The Morgan fingerprint density at radius 3 is 3.00 bits per heavy atom. The summed E-state index contributed by atoms with van der Waals surface area (Å²) in [5.74, 6) is 0. The number of alkyl halides is 1. The molecule has 1 aromatic carbocycles. The molecule has 0 aromatic heterocycles. The van der Waals surface area contributed by atoms with E-state index in [1.165, 1.54) is 11.1 Å². The molecule has 1 heterocycles. The molecular weight excluding hydrogens is 239 g/mol. The summed E-state index contributed by atoms with van der Waals surface area (Å²) in [6, 6.07) is 8.35. The van der Waals surface area contributed by atoms with Crippen molar-refractivity contribution in [2.45, 2.75) is 10.7 Å². The summed E-state index contributed by atoms with van der Waals surface area (Å²) in [5.41, 5.74) is 2.67. The Labute approximate surface area is 73.5 Å². The zero-order chi connectivity index (χ0) is 6.97. The van der Waals surface area contributed by atoms with Crippen molar-refractivity contribution in [2.75, 3.05) is 0 Å². The van der Waals surface area contributed by atoms with E-state index in [2.05, 4.69) is 46.9 Å². The summed E-state index contributed by atoms with van der Waals surface area (Å²) in [6.07, 6.45) is 0. The van der Waals surface area contributed by atoms with Gasteiger partial charge in [-0.1, -0.05) is 24.3 Å². The van der Waals surface area contributed by atoms with Gasteiger partial charge in [0.05, 0.1) is 6.61 Å². The Bertz CT molecular complexity index is 247. The fourth-order valence-corrected chi connectivity index (χ4v) is 1.93. The van der Waals surface area contributed by atoms with Crippen molar-refractivity contribution in [2.24, 2.45) is 0 Å². The third kappa shape index (κ3) is 0.953. The summed E-state index contributed by atoms with van der Waals surface area (Å²) in [5, 5.41) is 0. The van der Waals surface area contributed by atoms with Crippen LogP contribution in [-0.2, 0) is 11.3 Å². The van der Waals surface area contributed by atoms with E-state index >= 15 is 0 Å². The van der Waals surface area contributed by atoms with Gasteiger partial charge in [-0.05, 0) is 33.7 Å². The van der Waals surface area contributed by atoms with Gasteiger partial charge < -0.3 is 4.74 Å². The molecule has 0 saturated heterocycles.